The fourth-order valence-corrected chi connectivity index (χ4v) is 4.25. The summed E-state index contributed by atoms with van der Waals surface area (Å²) >= 11 is 1.30. The summed E-state index contributed by atoms with van der Waals surface area (Å²) in [6.07, 6.45) is 0. The van der Waals surface area contributed by atoms with Crippen LogP contribution in [0.15, 0.2) is 41.8 Å². The highest BCUT2D eigenvalue weighted by Gasteiger charge is 2.23. The highest BCUT2D eigenvalue weighted by atomic mass is 32.1. The second-order valence-electron chi connectivity index (χ2n) is 7.48. The van der Waals surface area contributed by atoms with Crippen LogP contribution in [0.5, 0.6) is 5.75 Å². The number of hydrogen-bond acceptors (Lipinski definition) is 5. The van der Waals surface area contributed by atoms with Crippen molar-refractivity contribution in [3.05, 3.63) is 69.6 Å². The van der Waals surface area contributed by atoms with Gasteiger partial charge in [-0.2, -0.15) is 0 Å². The predicted octanol–water partition coefficient (Wildman–Crippen LogP) is 5.84. The molecule has 0 radical (unpaired) electrons. The molecule has 5 nitrogen and oxygen atoms in total. The lowest BCUT2D eigenvalue weighted by molar-refractivity contribution is -0.118. The number of hydrogen-bond donors (Lipinski definition) is 1. The number of thiophene rings is 1. The summed E-state index contributed by atoms with van der Waals surface area (Å²) in [7, 11) is 0. The minimum absolute atomic E-state index is 0.151. The summed E-state index contributed by atoms with van der Waals surface area (Å²) in [5.41, 5.74) is 6.53. The molecular weight excluding hydrogens is 410 g/mol. The number of aryl methyl sites for hydroxylation is 4. The van der Waals surface area contributed by atoms with Crippen molar-refractivity contribution in [3.8, 4) is 16.9 Å². The van der Waals surface area contributed by atoms with E-state index in [4.69, 9.17) is 9.47 Å². The van der Waals surface area contributed by atoms with Crippen LogP contribution in [0.25, 0.3) is 11.1 Å². The lowest BCUT2D eigenvalue weighted by atomic mass is 9.97. The average Bonchev–Trinajstić information content (AvgIpc) is 3.12. The van der Waals surface area contributed by atoms with E-state index in [-0.39, 0.29) is 19.1 Å². The van der Waals surface area contributed by atoms with Gasteiger partial charge in [-0.15, -0.1) is 11.3 Å². The van der Waals surface area contributed by atoms with Crippen LogP contribution in [0.1, 0.15) is 39.5 Å². The molecular formula is C25H27NO4S. The van der Waals surface area contributed by atoms with E-state index in [9.17, 15) is 9.59 Å². The number of rotatable bonds is 7. The number of benzene rings is 2. The first-order chi connectivity index (χ1) is 14.8. The van der Waals surface area contributed by atoms with Gasteiger partial charge in [0.1, 0.15) is 16.3 Å². The number of ether oxygens (including phenoxy) is 2. The number of carbonyl (C=O) groups excluding carboxylic acids is 2. The molecule has 0 saturated heterocycles. The van der Waals surface area contributed by atoms with Crippen LogP contribution in [0.3, 0.4) is 0 Å². The van der Waals surface area contributed by atoms with Gasteiger partial charge >= 0.3 is 5.97 Å². The summed E-state index contributed by atoms with van der Waals surface area (Å²) < 4.78 is 10.9. The van der Waals surface area contributed by atoms with Gasteiger partial charge in [0.05, 0.1) is 6.61 Å². The van der Waals surface area contributed by atoms with Crippen molar-refractivity contribution in [1.29, 1.82) is 0 Å². The van der Waals surface area contributed by atoms with Gasteiger partial charge in [-0.05, 0) is 69.0 Å². The van der Waals surface area contributed by atoms with Crippen LogP contribution in [-0.2, 0) is 9.53 Å². The summed E-state index contributed by atoms with van der Waals surface area (Å²) in [4.78, 5) is 25.3. The maximum Gasteiger partial charge on any atom is 0.341 e. The molecule has 0 atom stereocenters. The lowest BCUT2D eigenvalue weighted by Crippen LogP contribution is -2.21. The van der Waals surface area contributed by atoms with E-state index in [0.29, 0.717) is 16.3 Å². The minimum atomic E-state index is -0.455. The molecule has 1 N–H and O–H groups in total. The molecule has 0 bridgehead atoms. The lowest BCUT2D eigenvalue weighted by Gasteiger charge is -2.11. The highest BCUT2D eigenvalue weighted by molar-refractivity contribution is 7.15. The van der Waals surface area contributed by atoms with Gasteiger partial charge in [0.25, 0.3) is 5.91 Å². The van der Waals surface area contributed by atoms with E-state index in [0.717, 1.165) is 33.4 Å². The van der Waals surface area contributed by atoms with Crippen molar-refractivity contribution >= 4 is 28.2 Å². The van der Waals surface area contributed by atoms with Crippen LogP contribution < -0.4 is 10.1 Å². The summed E-state index contributed by atoms with van der Waals surface area (Å²) in [6.45, 7) is 9.91. The molecule has 0 unspecified atom stereocenters. The third kappa shape index (κ3) is 5.33. The molecule has 0 aliphatic carbocycles. The van der Waals surface area contributed by atoms with Gasteiger partial charge in [0.2, 0.25) is 0 Å². The van der Waals surface area contributed by atoms with E-state index in [1.165, 1.54) is 11.3 Å². The van der Waals surface area contributed by atoms with Gasteiger partial charge in [0, 0.05) is 10.9 Å². The van der Waals surface area contributed by atoms with Crippen molar-refractivity contribution in [2.45, 2.75) is 34.6 Å². The molecule has 1 heterocycles. The molecule has 0 saturated carbocycles. The SMILES string of the molecule is CCOC(=O)c1c(-c2ccc(C)cc2C)csc1NC(=O)COc1ccc(C)c(C)c1. The smallest absolute Gasteiger partial charge is 0.341 e. The Morgan fingerprint density at radius 1 is 0.935 bits per heavy atom. The Hall–Kier alpha value is -3.12. The van der Waals surface area contributed by atoms with Gasteiger partial charge in [-0.25, -0.2) is 4.79 Å². The van der Waals surface area contributed by atoms with Crippen LogP contribution >= 0.6 is 11.3 Å². The second-order valence-corrected chi connectivity index (χ2v) is 8.35. The van der Waals surface area contributed by atoms with E-state index in [1.807, 2.05) is 63.4 Å². The summed E-state index contributed by atoms with van der Waals surface area (Å²) in [5, 5.41) is 5.16. The molecule has 2 aromatic carbocycles. The van der Waals surface area contributed by atoms with Gasteiger partial charge < -0.3 is 14.8 Å². The van der Waals surface area contributed by atoms with E-state index in [2.05, 4.69) is 11.4 Å². The number of amides is 1. The average molecular weight is 438 g/mol. The minimum Gasteiger partial charge on any atom is -0.484 e. The number of nitrogens with one attached hydrogen (secondary N) is 1. The molecule has 0 aliphatic heterocycles. The first-order valence-corrected chi connectivity index (χ1v) is 11.0. The molecule has 3 rings (SSSR count). The topological polar surface area (TPSA) is 64.6 Å². The quantitative estimate of drug-likeness (QED) is 0.472. The Balaban J connectivity index is 1.83. The van der Waals surface area contributed by atoms with Crippen molar-refractivity contribution in [2.24, 2.45) is 0 Å². The zero-order chi connectivity index (χ0) is 22.5. The molecule has 31 heavy (non-hydrogen) atoms. The fraction of sp³-hybridized carbons (Fsp3) is 0.280. The Labute approximate surface area is 187 Å². The van der Waals surface area contributed by atoms with Crippen molar-refractivity contribution in [3.63, 3.8) is 0 Å². The predicted molar refractivity (Wildman–Crippen MR) is 125 cm³/mol. The monoisotopic (exact) mass is 437 g/mol. The molecule has 0 fully saturated rings. The first kappa shape index (κ1) is 22.6. The zero-order valence-electron chi connectivity index (χ0n) is 18.5. The standard InChI is InChI=1S/C25H27NO4S/c1-6-29-25(28)23-21(20-10-7-15(2)11-18(20)5)14-31-24(23)26-22(27)13-30-19-9-8-16(3)17(4)12-19/h7-12,14H,6,13H2,1-5H3,(H,26,27). The van der Waals surface area contributed by atoms with Crippen LogP contribution in [-0.4, -0.2) is 25.1 Å². The third-order valence-electron chi connectivity index (χ3n) is 5.04. The fourth-order valence-electron chi connectivity index (χ4n) is 3.29. The van der Waals surface area contributed by atoms with Gasteiger partial charge in [-0.3, -0.25) is 4.79 Å². The van der Waals surface area contributed by atoms with Gasteiger partial charge in [0.15, 0.2) is 6.61 Å². The molecule has 0 spiro atoms. The third-order valence-corrected chi connectivity index (χ3v) is 5.94. The molecule has 3 aromatic rings. The normalized spacial score (nSPS) is 10.6. The number of esters is 1. The molecule has 6 heteroatoms. The number of carbonyl (C=O) groups is 2. The number of anilines is 1. The molecule has 162 valence electrons. The van der Waals surface area contributed by atoms with Crippen LogP contribution in [0, 0.1) is 27.7 Å². The Kier molecular flexibility index (Phi) is 7.13. The Morgan fingerprint density at radius 3 is 2.39 bits per heavy atom. The zero-order valence-corrected chi connectivity index (χ0v) is 19.3. The first-order valence-electron chi connectivity index (χ1n) is 10.2. The maximum atomic E-state index is 12.7. The largest absolute Gasteiger partial charge is 0.484 e. The molecule has 1 aromatic heterocycles. The molecule has 0 aliphatic rings. The summed E-state index contributed by atoms with van der Waals surface area (Å²) in [6, 6.07) is 11.8. The van der Waals surface area contributed by atoms with Crippen molar-refractivity contribution in [2.75, 3.05) is 18.5 Å². The second kappa shape index (κ2) is 9.79. The molecule has 1 amide bonds. The highest BCUT2D eigenvalue weighted by Crippen LogP contribution is 2.38. The van der Waals surface area contributed by atoms with Crippen molar-refractivity contribution < 1.29 is 19.1 Å². The summed E-state index contributed by atoms with van der Waals surface area (Å²) in [5.74, 6) is -0.159. The van der Waals surface area contributed by atoms with Crippen molar-refractivity contribution in [1.82, 2.24) is 0 Å². The Morgan fingerprint density at radius 2 is 1.71 bits per heavy atom. The van der Waals surface area contributed by atoms with Gasteiger partial charge in [-0.1, -0.05) is 29.8 Å². The van der Waals surface area contributed by atoms with Crippen LogP contribution in [0.4, 0.5) is 5.00 Å². The van der Waals surface area contributed by atoms with E-state index >= 15 is 0 Å². The van der Waals surface area contributed by atoms with E-state index in [1.54, 1.807) is 6.92 Å². The van der Waals surface area contributed by atoms with E-state index < -0.39 is 5.97 Å². The van der Waals surface area contributed by atoms with Crippen LogP contribution in [0.2, 0.25) is 0 Å². The Bertz CT molecular complexity index is 1120. The maximum absolute atomic E-state index is 12.7.